The second-order valence-corrected chi connectivity index (χ2v) is 20.5. The highest BCUT2D eigenvalue weighted by Crippen LogP contribution is 2.64. The molecular weight excluding hydrogens is 791 g/mol. The highest BCUT2D eigenvalue weighted by Gasteiger charge is 2.50. The topological polar surface area (TPSA) is 19.7 Å². The molecule has 4 aromatic heterocycles. The van der Waals surface area contributed by atoms with E-state index in [0.717, 1.165) is 0 Å². The molecule has 0 N–H and O–H groups in total. The summed E-state index contributed by atoms with van der Waals surface area (Å²) in [5.74, 6) is 1.43. The third-order valence-corrected chi connectivity index (χ3v) is 17.0. The maximum Gasteiger partial charge on any atom is 0.100 e. The highest BCUT2D eigenvalue weighted by atomic mass is 31.1. The Labute approximate surface area is 369 Å². The molecule has 0 saturated heterocycles. The smallest absolute Gasteiger partial charge is 0.100 e. The van der Waals surface area contributed by atoms with Gasteiger partial charge in [0.25, 0.3) is 0 Å². The Hall–Kier alpha value is -6.10. The van der Waals surface area contributed by atoms with Crippen molar-refractivity contribution in [1.29, 1.82) is 0 Å². The number of hydrogen-bond acceptors (Lipinski definition) is 0. The molecule has 0 atom stereocenters. The number of rotatable bonds is 4. The molecule has 0 fully saturated rings. The van der Waals surface area contributed by atoms with Gasteiger partial charge in [-0.2, -0.15) is 0 Å². The number of para-hydroxylation sites is 4. The van der Waals surface area contributed by atoms with E-state index in [1.165, 1.54) is 77.0 Å². The lowest BCUT2D eigenvalue weighted by atomic mass is 9.51. The van der Waals surface area contributed by atoms with Crippen LogP contribution in [-0.2, 0) is 0 Å². The number of aromatic nitrogens is 4. The van der Waals surface area contributed by atoms with Gasteiger partial charge in [-0.15, -0.1) is 12.8 Å². The van der Waals surface area contributed by atoms with E-state index in [0.29, 0.717) is 11.8 Å². The summed E-state index contributed by atoms with van der Waals surface area (Å²) < 4.78 is 9.75. The Morgan fingerprint density at radius 2 is 0.613 bits per heavy atom. The van der Waals surface area contributed by atoms with Crippen molar-refractivity contribution in [2.45, 2.75) is 53.4 Å². The molecule has 2 aliphatic rings. The monoisotopic (exact) mass is 844 g/mol. The first-order valence-corrected chi connectivity index (χ1v) is 24.8. The normalized spacial score (nSPS) is 14.5. The summed E-state index contributed by atoms with van der Waals surface area (Å²) in [7, 11) is -0.991. The minimum atomic E-state index is -0.495. The summed E-state index contributed by atoms with van der Waals surface area (Å²) in [5, 5.41) is 5.41. The molecule has 0 unspecified atom stereocenters. The van der Waals surface area contributed by atoms with Crippen LogP contribution >= 0.6 is 16.4 Å². The fourth-order valence-corrected chi connectivity index (χ4v) is 13.8. The minimum absolute atomic E-state index is 0.495. The number of benzene rings is 6. The van der Waals surface area contributed by atoms with Crippen LogP contribution in [0, 0.1) is 54.4 Å². The maximum absolute atomic E-state index is 4.00. The van der Waals surface area contributed by atoms with Gasteiger partial charge in [-0.25, -0.2) is 0 Å². The van der Waals surface area contributed by atoms with Gasteiger partial charge < -0.3 is 17.4 Å². The fraction of sp³-hybridized carbons (Fsp3) is 0.179. The molecule has 0 spiro atoms. The third-order valence-electron chi connectivity index (χ3n) is 13.2. The van der Waals surface area contributed by atoms with Crippen molar-refractivity contribution >= 4 is 60.1 Å². The van der Waals surface area contributed by atoms with E-state index < -0.39 is 16.4 Å². The van der Waals surface area contributed by atoms with E-state index in [-0.39, 0.29) is 0 Å². The van der Waals surface area contributed by atoms with Crippen LogP contribution < -0.4 is 0 Å². The van der Waals surface area contributed by atoms with Gasteiger partial charge in [-0.3, -0.25) is 0 Å². The molecule has 0 amide bonds. The summed E-state index contributed by atoms with van der Waals surface area (Å²) in [4.78, 5) is 0. The van der Waals surface area contributed by atoms with Crippen molar-refractivity contribution in [2.75, 3.05) is 13.3 Å². The third kappa shape index (κ3) is 6.71. The summed E-state index contributed by atoms with van der Waals surface area (Å²) in [5.41, 5.74) is 20.0. The van der Waals surface area contributed by atoms with Crippen molar-refractivity contribution in [3.63, 3.8) is 0 Å². The van der Waals surface area contributed by atoms with Gasteiger partial charge in [0, 0.05) is 58.2 Å². The van der Waals surface area contributed by atoms with Gasteiger partial charge in [0.2, 0.25) is 0 Å². The van der Waals surface area contributed by atoms with Gasteiger partial charge in [-0.1, -0.05) is 109 Å². The summed E-state index contributed by atoms with van der Waals surface area (Å²) in [6, 6.07) is 48.2. The SMILES string of the molecule is C#C.Cc1cccc2c1C1c3c(C)cccc3C21.Cc1cn(P(C)n2cc(C)c3ccccc32)c2ccccc12.Cc1cn(P(C)n2cc(C)c3ccccc32)c2ccccc12. The number of aryl methyl sites for hydroxylation is 6. The first-order valence-electron chi connectivity index (χ1n) is 21.4. The van der Waals surface area contributed by atoms with Crippen molar-refractivity contribution in [2.24, 2.45) is 0 Å². The van der Waals surface area contributed by atoms with Crippen LogP contribution in [0.1, 0.15) is 67.5 Å². The molecule has 6 heteroatoms. The molecule has 308 valence electrons. The number of nitrogens with zero attached hydrogens (tertiary/aromatic N) is 4. The summed E-state index contributed by atoms with van der Waals surface area (Å²) in [6.45, 7) is 17.9. The van der Waals surface area contributed by atoms with Gasteiger partial charge >= 0.3 is 0 Å². The Balaban J connectivity index is 0.000000118. The van der Waals surface area contributed by atoms with Crippen molar-refractivity contribution < 1.29 is 0 Å². The molecule has 6 aromatic carbocycles. The van der Waals surface area contributed by atoms with Crippen LogP contribution in [0.25, 0.3) is 43.6 Å². The van der Waals surface area contributed by atoms with Crippen LogP contribution in [0.15, 0.2) is 158 Å². The zero-order valence-corrected chi connectivity index (χ0v) is 38.8. The zero-order valence-electron chi connectivity index (χ0n) is 37.0. The largest absolute Gasteiger partial charge is 0.308 e. The lowest BCUT2D eigenvalue weighted by Crippen LogP contribution is -2.37. The van der Waals surface area contributed by atoms with Crippen LogP contribution in [0.2, 0.25) is 0 Å². The fourth-order valence-electron chi connectivity index (χ4n) is 10.1. The lowest BCUT2D eigenvalue weighted by molar-refractivity contribution is 0.522. The van der Waals surface area contributed by atoms with Crippen LogP contribution in [-0.4, -0.2) is 30.7 Å². The molecule has 2 aliphatic carbocycles. The predicted octanol–water partition coefficient (Wildman–Crippen LogP) is 15.2. The minimum Gasteiger partial charge on any atom is -0.308 e. The quantitative estimate of drug-likeness (QED) is 0.124. The lowest BCUT2D eigenvalue weighted by Gasteiger charge is -2.51. The van der Waals surface area contributed by atoms with Crippen molar-refractivity contribution in [1.82, 2.24) is 17.4 Å². The average Bonchev–Trinajstić information content (AvgIpc) is 4.03. The van der Waals surface area contributed by atoms with E-state index in [9.17, 15) is 0 Å². The summed E-state index contributed by atoms with van der Waals surface area (Å²) in [6.07, 6.45) is 17.2. The standard InChI is InChI=1S/2C19H19N2P.C16H14.C2H2/c2*1-14-12-20(18-10-6-4-8-16(14)18)22(3)21-13-15(2)17-9-5-7-11-19(17)21;1-9-5-3-7-11-13(9)16-14-10(2)6-4-8-12(14)15(11)16;1-2/h2*4-13H,1-3H3;3-8,15-16H,1-2H3;1-2H. The predicted molar refractivity (Wildman–Crippen MR) is 270 cm³/mol. The van der Waals surface area contributed by atoms with Crippen LogP contribution in [0.5, 0.6) is 0 Å². The van der Waals surface area contributed by atoms with E-state index in [4.69, 9.17) is 0 Å². The molecule has 4 heterocycles. The molecule has 0 radical (unpaired) electrons. The Bertz CT molecular complexity index is 2920. The molecule has 4 nitrogen and oxygen atoms in total. The molecule has 0 bridgehead atoms. The molecule has 12 rings (SSSR count). The zero-order chi connectivity index (χ0) is 43.4. The van der Waals surface area contributed by atoms with Gasteiger partial charge in [0.1, 0.15) is 16.4 Å². The van der Waals surface area contributed by atoms with Gasteiger partial charge in [0.15, 0.2) is 0 Å². The molecule has 0 saturated carbocycles. The van der Waals surface area contributed by atoms with Crippen LogP contribution in [0.4, 0.5) is 0 Å². The molecular formula is C56H54N4P2. The van der Waals surface area contributed by atoms with E-state index >= 15 is 0 Å². The van der Waals surface area contributed by atoms with E-state index in [1.807, 2.05) is 0 Å². The second kappa shape index (κ2) is 16.6. The molecule has 10 aromatic rings. The van der Waals surface area contributed by atoms with Crippen LogP contribution in [0.3, 0.4) is 0 Å². The number of fused-ring (bicyclic) bond motifs is 11. The van der Waals surface area contributed by atoms with Crippen molar-refractivity contribution in [3.8, 4) is 12.8 Å². The van der Waals surface area contributed by atoms with Gasteiger partial charge in [0.05, 0.1) is 22.1 Å². The number of hydrogen-bond donors (Lipinski definition) is 0. The first-order chi connectivity index (χ1) is 30.1. The van der Waals surface area contributed by atoms with Crippen molar-refractivity contribution in [3.05, 3.63) is 214 Å². The highest BCUT2D eigenvalue weighted by molar-refractivity contribution is 7.54. The van der Waals surface area contributed by atoms with E-state index in [2.05, 4.69) is 243 Å². The first kappa shape index (κ1) is 41.3. The maximum atomic E-state index is 4.00. The molecule has 62 heavy (non-hydrogen) atoms. The number of terminal acetylenes is 1. The second-order valence-electron chi connectivity index (χ2n) is 16.8. The molecule has 0 aliphatic heterocycles. The Morgan fingerprint density at radius 3 is 0.903 bits per heavy atom. The Kier molecular flexibility index (Phi) is 11.1. The summed E-state index contributed by atoms with van der Waals surface area (Å²) >= 11 is 0. The average molecular weight is 845 g/mol. The van der Waals surface area contributed by atoms with Gasteiger partial charge in [-0.05, 0) is 135 Å². The Morgan fingerprint density at radius 1 is 0.339 bits per heavy atom. The van der Waals surface area contributed by atoms with E-state index in [1.54, 1.807) is 22.3 Å².